The Morgan fingerprint density at radius 3 is 0.920 bits per heavy atom. The number of hydrogen-bond donors (Lipinski definition) is 0. The first-order valence-electron chi connectivity index (χ1n) is 39.6. The van der Waals surface area contributed by atoms with E-state index in [0.29, 0.717) is 0 Å². The Hall–Kier alpha value is -14.0. The van der Waals surface area contributed by atoms with Crippen molar-refractivity contribution in [2.75, 3.05) is 9.80 Å². The first kappa shape index (κ1) is 62.9. The van der Waals surface area contributed by atoms with Crippen LogP contribution >= 0.6 is 0 Å². The summed E-state index contributed by atoms with van der Waals surface area (Å²) in [6.07, 6.45) is 0. The van der Waals surface area contributed by atoms with Crippen LogP contribution < -0.4 is 26.2 Å². The molecule has 0 fully saturated rings. The van der Waals surface area contributed by atoms with Crippen molar-refractivity contribution in [1.29, 1.82) is 0 Å². The summed E-state index contributed by atoms with van der Waals surface area (Å²) in [4.78, 5) is 5.33. The van der Waals surface area contributed by atoms with Crippen LogP contribution in [0.1, 0.15) is 70.8 Å². The lowest BCUT2D eigenvalue weighted by Crippen LogP contribution is -2.61. The van der Waals surface area contributed by atoms with Gasteiger partial charge in [-0.25, -0.2) is 0 Å². The standard InChI is InChI=1S/C108H69BN2O2/c1-106(2,3)70-62-99-105-100(63-70)111(96-41-21-11-25-72(96)69-45-51-92-82(59-69)78-31-9-19-39-90(78)108(92)87-36-16-6-28-75(87)76-29-7-17-37-88(76)108)98-61-67(65-49-55-104-84(57-65)80-33-13-23-43-102(80)113-104)47-53-94(98)109(105)93-52-46-66(64-48-54-103-83(56-64)79-32-12-22-42-101(79)112-103)60-97(93)110(99)95-40-20-10-24-71(95)68-44-50-91-81(58-68)77-30-8-18-38-89(77)107(91)85-34-14-4-26-73(85)74-27-5-15-35-86(74)107/h4-63H,1-3H3. The third-order valence-corrected chi connectivity index (χ3v) is 26.3. The van der Waals surface area contributed by atoms with Crippen LogP contribution in [0.2, 0.25) is 0 Å². The second kappa shape index (κ2) is 22.8. The summed E-state index contributed by atoms with van der Waals surface area (Å²) < 4.78 is 13.0. The van der Waals surface area contributed by atoms with Crippen molar-refractivity contribution in [3.8, 4) is 89.0 Å². The fourth-order valence-corrected chi connectivity index (χ4v) is 21.5. The second-order valence-corrected chi connectivity index (χ2v) is 32.8. The fourth-order valence-electron chi connectivity index (χ4n) is 21.5. The van der Waals surface area contributed by atoms with Gasteiger partial charge in [0, 0.05) is 55.4 Å². The Bertz CT molecular complexity index is 6900. The zero-order valence-corrected chi connectivity index (χ0v) is 62.4. The van der Waals surface area contributed by atoms with Crippen molar-refractivity contribution < 1.29 is 8.83 Å². The lowest BCUT2D eigenvalue weighted by Gasteiger charge is -2.46. The summed E-state index contributed by atoms with van der Waals surface area (Å²) in [6.45, 7) is 6.95. The van der Waals surface area contributed by atoms with Crippen LogP contribution in [0, 0.1) is 0 Å². The second-order valence-electron chi connectivity index (χ2n) is 32.8. The van der Waals surface area contributed by atoms with Crippen LogP contribution in [0.3, 0.4) is 0 Å². The molecule has 0 N–H and O–H groups in total. The number of anilines is 6. The smallest absolute Gasteiger partial charge is 0.252 e. The molecule has 2 spiro atoms. The number of nitrogens with zero attached hydrogens (tertiary/aromatic N) is 2. The average molecular weight is 1440 g/mol. The lowest BCUT2D eigenvalue weighted by molar-refractivity contribution is 0.590. The van der Waals surface area contributed by atoms with Gasteiger partial charge in [0.1, 0.15) is 22.3 Å². The summed E-state index contributed by atoms with van der Waals surface area (Å²) >= 11 is 0. The molecule has 19 aromatic rings. The minimum Gasteiger partial charge on any atom is -0.456 e. The Labute approximate surface area is 655 Å². The van der Waals surface area contributed by atoms with Crippen LogP contribution in [-0.4, -0.2) is 6.71 Å². The van der Waals surface area contributed by atoms with E-state index in [2.05, 4.69) is 395 Å². The van der Waals surface area contributed by atoms with E-state index in [1.54, 1.807) is 0 Å². The van der Waals surface area contributed by atoms with Crippen LogP contribution in [0.4, 0.5) is 34.1 Å². The van der Waals surface area contributed by atoms with E-state index in [-0.39, 0.29) is 12.1 Å². The van der Waals surface area contributed by atoms with E-state index in [1.165, 1.54) is 111 Å². The number of para-hydroxylation sites is 4. The number of benzene rings is 17. The molecule has 0 saturated heterocycles. The molecule has 4 nitrogen and oxygen atoms in total. The molecular weight excluding hydrogens is 1370 g/mol. The molecular formula is C108H69BN2O2. The first-order chi connectivity index (χ1) is 55.7. The van der Waals surface area contributed by atoms with E-state index >= 15 is 0 Å². The Morgan fingerprint density at radius 1 is 0.230 bits per heavy atom. The van der Waals surface area contributed by atoms with Gasteiger partial charge in [-0.3, -0.25) is 0 Å². The first-order valence-corrected chi connectivity index (χ1v) is 39.6. The van der Waals surface area contributed by atoms with Crippen LogP contribution in [0.5, 0.6) is 0 Å². The number of fused-ring (bicyclic) bond motifs is 30. The summed E-state index contributed by atoms with van der Waals surface area (Å²) in [5.74, 6) is 0. The third kappa shape index (κ3) is 8.40. The van der Waals surface area contributed by atoms with E-state index in [9.17, 15) is 0 Å². The lowest BCUT2D eigenvalue weighted by atomic mass is 9.33. The maximum atomic E-state index is 6.52. The van der Waals surface area contributed by atoms with Crippen LogP contribution in [0.15, 0.2) is 373 Å². The molecule has 0 unspecified atom stereocenters. The van der Waals surface area contributed by atoms with Gasteiger partial charge < -0.3 is 18.6 Å². The van der Waals surface area contributed by atoms with Crippen molar-refractivity contribution >= 4 is 101 Å². The van der Waals surface area contributed by atoms with Gasteiger partial charge in [-0.1, -0.05) is 300 Å². The Morgan fingerprint density at radius 2 is 0.531 bits per heavy atom. The molecule has 0 amide bonds. The van der Waals surface area contributed by atoms with Crippen LogP contribution in [0.25, 0.3) is 133 Å². The minimum absolute atomic E-state index is 0.204. The van der Waals surface area contributed by atoms with Crippen molar-refractivity contribution in [3.05, 3.63) is 414 Å². The molecule has 0 radical (unpaired) electrons. The Kier molecular flexibility index (Phi) is 12.7. The van der Waals surface area contributed by atoms with Gasteiger partial charge in [0.05, 0.1) is 22.2 Å². The molecule has 5 heteroatoms. The highest BCUT2D eigenvalue weighted by molar-refractivity contribution is 7.00. The molecule has 0 bridgehead atoms. The highest BCUT2D eigenvalue weighted by Gasteiger charge is 2.54. The number of furan rings is 2. The summed E-state index contributed by atoms with van der Waals surface area (Å²) in [5, 5.41) is 4.42. The zero-order chi connectivity index (χ0) is 74.3. The van der Waals surface area contributed by atoms with Crippen molar-refractivity contribution in [2.45, 2.75) is 37.0 Å². The van der Waals surface area contributed by atoms with Crippen molar-refractivity contribution in [2.24, 2.45) is 0 Å². The minimum atomic E-state index is -0.472. The largest absolute Gasteiger partial charge is 0.456 e. The number of hydrogen-bond acceptors (Lipinski definition) is 4. The summed E-state index contributed by atoms with van der Waals surface area (Å²) in [7, 11) is 0. The highest BCUT2D eigenvalue weighted by Crippen LogP contribution is 2.66. The van der Waals surface area contributed by atoms with Crippen LogP contribution in [-0.2, 0) is 16.2 Å². The molecule has 6 aliphatic rings. The molecule has 2 aliphatic heterocycles. The van der Waals surface area contributed by atoms with Crippen molar-refractivity contribution in [3.63, 3.8) is 0 Å². The molecule has 4 heterocycles. The predicted molar refractivity (Wildman–Crippen MR) is 468 cm³/mol. The fraction of sp³-hybridized carbons (Fsp3) is 0.0556. The summed E-state index contributed by atoms with van der Waals surface area (Å²) in [5.41, 5.74) is 44.0. The van der Waals surface area contributed by atoms with Gasteiger partial charge >= 0.3 is 0 Å². The Balaban J connectivity index is 0.741. The maximum absolute atomic E-state index is 6.52. The van der Waals surface area contributed by atoms with E-state index in [0.717, 1.165) is 123 Å². The average Bonchev–Trinajstić information content (AvgIpc) is 1.61. The maximum Gasteiger partial charge on any atom is 0.252 e. The molecule has 2 aromatic heterocycles. The van der Waals surface area contributed by atoms with Crippen molar-refractivity contribution in [1.82, 2.24) is 0 Å². The molecule has 113 heavy (non-hydrogen) atoms. The molecule has 0 saturated carbocycles. The topological polar surface area (TPSA) is 32.8 Å². The number of rotatable bonds is 6. The van der Waals surface area contributed by atoms with Gasteiger partial charge in [-0.05, 0) is 235 Å². The SMILES string of the molecule is CC(C)(C)c1cc2c3c(c1)N(c1ccccc1-c1ccc4c(c1)-c1ccccc1C41c4ccccc4-c4ccccc41)c1cc(-c4ccc5oc6ccccc6c5c4)ccc1B3c1ccc(-c3ccc4oc5ccccc5c4c3)cc1N2c1ccccc1-c1ccc2c(c1)-c1ccccc1C21c2ccccc2-c2ccccc21. The third-order valence-electron chi connectivity index (χ3n) is 26.3. The van der Waals surface area contributed by atoms with Gasteiger partial charge in [-0.15, -0.1) is 0 Å². The zero-order valence-electron chi connectivity index (χ0n) is 62.4. The molecule has 526 valence electrons. The predicted octanol–water partition coefficient (Wildman–Crippen LogP) is 26.2. The molecule has 4 aliphatic carbocycles. The molecule has 0 atom stereocenters. The van der Waals surface area contributed by atoms with Gasteiger partial charge in [0.15, 0.2) is 0 Å². The van der Waals surface area contributed by atoms with Gasteiger partial charge in [0.25, 0.3) is 6.71 Å². The highest BCUT2D eigenvalue weighted by atomic mass is 16.3. The van der Waals surface area contributed by atoms with Gasteiger partial charge in [0.2, 0.25) is 0 Å². The molecule has 17 aromatic carbocycles. The normalized spacial score (nSPS) is 14.2. The summed E-state index contributed by atoms with van der Waals surface area (Å²) in [6, 6.07) is 138. The van der Waals surface area contributed by atoms with E-state index < -0.39 is 10.8 Å². The van der Waals surface area contributed by atoms with E-state index in [4.69, 9.17) is 8.83 Å². The van der Waals surface area contributed by atoms with Gasteiger partial charge in [-0.2, -0.15) is 0 Å². The van der Waals surface area contributed by atoms with E-state index in [1.807, 2.05) is 0 Å². The quantitative estimate of drug-likeness (QED) is 0.155. The monoisotopic (exact) mass is 1440 g/mol. The molecule has 25 rings (SSSR count).